The van der Waals surface area contributed by atoms with Crippen LogP contribution in [-0.4, -0.2) is 5.78 Å². The van der Waals surface area contributed by atoms with Crippen LogP contribution < -0.4 is 0 Å². The number of rotatable bonds is 2. The molecule has 0 saturated heterocycles. The van der Waals surface area contributed by atoms with Crippen molar-refractivity contribution in [2.24, 2.45) is 0 Å². The molecule has 0 unspecified atom stereocenters. The number of carbonyl (C=O) groups is 1. The van der Waals surface area contributed by atoms with Gasteiger partial charge in [0.15, 0.2) is 5.78 Å². The van der Waals surface area contributed by atoms with E-state index in [1.165, 1.54) is 6.07 Å². The van der Waals surface area contributed by atoms with Crippen LogP contribution in [0.2, 0.25) is 0 Å². The summed E-state index contributed by atoms with van der Waals surface area (Å²) in [6.07, 6.45) is 0. The maximum absolute atomic E-state index is 13.5. The third-order valence-corrected chi connectivity index (χ3v) is 2.35. The monoisotopic (exact) mass is 280 g/mol. The fourth-order valence-electron chi connectivity index (χ4n) is 1.16. The predicted octanol–water partition coefficient (Wildman–Crippen LogP) is 3.90. The Morgan fingerprint density at radius 1 is 1.40 bits per heavy atom. The molecule has 0 amide bonds. The van der Waals surface area contributed by atoms with Crippen LogP contribution in [0.15, 0.2) is 16.6 Å². The molecule has 0 spiro atoms. The second-order valence-corrected chi connectivity index (χ2v) is 4.18. The second-order valence-electron chi connectivity index (χ2n) is 3.26. The molecule has 0 aliphatic rings. The van der Waals surface area contributed by atoms with Crippen LogP contribution in [0.4, 0.5) is 13.2 Å². The van der Waals surface area contributed by atoms with Crippen LogP contribution in [0.1, 0.15) is 29.8 Å². The minimum absolute atomic E-state index is 0.255. The zero-order valence-corrected chi connectivity index (χ0v) is 9.66. The predicted molar refractivity (Wildman–Crippen MR) is 53.7 cm³/mol. The van der Waals surface area contributed by atoms with Gasteiger partial charge < -0.3 is 0 Å². The molecule has 0 bridgehead atoms. The Kier molecular flexibility index (Phi) is 3.23. The average molecular weight is 281 g/mol. The zero-order valence-electron chi connectivity index (χ0n) is 8.07. The number of alkyl halides is 2. The molecule has 0 aromatic heterocycles. The van der Waals surface area contributed by atoms with Gasteiger partial charge in [-0.2, -0.15) is 0 Å². The standard InChI is InChI=1S/C10H8BrF3O/c1-5(15)7-3-6(11)4-8(9(7)12)10(2,13)14/h3-4H,1-2H3. The summed E-state index contributed by atoms with van der Waals surface area (Å²) >= 11 is 2.96. The molecule has 0 saturated carbocycles. The second kappa shape index (κ2) is 3.96. The molecule has 15 heavy (non-hydrogen) atoms. The largest absolute Gasteiger partial charge is 0.294 e. The summed E-state index contributed by atoms with van der Waals surface area (Å²) in [7, 11) is 0. The third kappa shape index (κ3) is 2.59. The highest BCUT2D eigenvalue weighted by atomic mass is 79.9. The molecule has 1 aromatic carbocycles. The van der Waals surface area contributed by atoms with E-state index in [-0.39, 0.29) is 10.0 Å². The molecule has 5 heteroatoms. The first kappa shape index (κ1) is 12.2. The molecule has 1 aromatic rings. The third-order valence-electron chi connectivity index (χ3n) is 1.89. The van der Waals surface area contributed by atoms with Gasteiger partial charge in [-0.3, -0.25) is 4.79 Å². The van der Waals surface area contributed by atoms with E-state index in [1.807, 2.05) is 0 Å². The summed E-state index contributed by atoms with van der Waals surface area (Å²) in [6.45, 7) is 1.71. The Morgan fingerprint density at radius 2 is 1.93 bits per heavy atom. The molecule has 0 N–H and O–H groups in total. The fourth-order valence-corrected chi connectivity index (χ4v) is 1.62. The quantitative estimate of drug-likeness (QED) is 0.751. The van der Waals surface area contributed by atoms with Gasteiger partial charge in [-0.05, 0) is 19.1 Å². The zero-order chi connectivity index (χ0) is 11.8. The first-order chi connectivity index (χ1) is 6.73. The molecule has 0 aliphatic heterocycles. The summed E-state index contributed by atoms with van der Waals surface area (Å²) in [4.78, 5) is 11.0. The number of ketones is 1. The first-order valence-corrected chi connectivity index (χ1v) is 4.91. The van der Waals surface area contributed by atoms with E-state index in [0.29, 0.717) is 6.92 Å². The van der Waals surface area contributed by atoms with Crippen LogP contribution in [0.5, 0.6) is 0 Å². The van der Waals surface area contributed by atoms with Gasteiger partial charge in [0, 0.05) is 11.4 Å². The molecule has 0 heterocycles. The van der Waals surface area contributed by atoms with E-state index in [4.69, 9.17) is 0 Å². The number of halogens is 4. The lowest BCUT2D eigenvalue weighted by molar-refractivity contribution is 0.0136. The summed E-state index contributed by atoms with van der Waals surface area (Å²) in [5.74, 6) is -5.05. The Hall–Kier alpha value is -0.840. The van der Waals surface area contributed by atoms with E-state index in [2.05, 4.69) is 15.9 Å². The molecule has 82 valence electrons. The van der Waals surface area contributed by atoms with Crippen molar-refractivity contribution in [2.45, 2.75) is 19.8 Å². The summed E-state index contributed by atoms with van der Waals surface area (Å²) in [5.41, 5.74) is -1.11. The number of Topliss-reactive ketones (excluding diaryl/α,β-unsaturated/α-hetero) is 1. The van der Waals surface area contributed by atoms with Crippen LogP contribution in [0.3, 0.4) is 0 Å². The van der Waals surface area contributed by atoms with Gasteiger partial charge in [0.05, 0.1) is 11.1 Å². The van der Waals surface area contributed by atoms with Gasteiger partial charge >= 0.3 is 0 Å². The van der Waals surface area contributed by atoms with Gasteiger partial charge in [-0.15, -0.1) is 0 Å². The van der Waals surface area contributed by atoms with Crippen LogP contribution >= 0.6 is 15.9 Å². The van der Waals surface area contributed by atoms with Crippen LogP contribution in [0.25, 0.3) is 0 Å². The van der Waals surface area contributed by atoms with Crippen molar-refractivity contribution < 1.29 is 18.0 Å². The van der Waals surface area contributed by atoms with Gasteiger partial charge in [-0.1, -0.05) is 15.9 Å². The van der Waals surface area contributed by atoms with Crippen molar-refractivity contribution in [3.05, 3.63) is 33.5 Å². The minimum Gasteiger partial charge on any atom is -0.294 e. The summed E-state index contributed by atoms with van der Waals surface area (Å²) in [6, 6.07) is 2.16. The first-order valence-electron chi connectivity index (χ1n) is 4.11. The lowest BCUT2D eigenvalue weighted by atomic mass is 10.0. The summed E-state index contributed by atoms with van der Waals surface area (Å²) in [5, 5.41) is 0. The molecule has 0 aliphatic carbocycles. The highest BCUT2D eigenvalue weighted by molar-refractivity contribution is 9.10. The van der Waals surface area contributed by atoms with Crippen molar-refractivity contribution in [3.8, 4) is 0 Å². The van der Waals surface area contributed by atoms with Crippen molar-refractivity contribution in [3.63, 3.8) is 0 Å². The molecule has 0 atom stereocenters. The Bertz CT molecular complexity index is 410. The maximum atomic E-state index is 13.5. The smallest absolute Gasteiger partial charge is 0.273 e. The van der Waals surface area contributed by atoms with E-state index < -0.39 is 23.1 Å². The Morgan fingerprint density at radius 3 is 2.33 bits per heavy atom. The highest BCUT2D eigenvalue weighted by Crippen LogP contribution is 2.33. The Labute approximate surface area is 93.4 Å². The topological polar surface area (TPSA) is 17.1 Å². The van der Waals surface area contributed by atoms with Crippen molar-refractivity contribution in [2.75, 3.05) is 0 Å². The molecule has 1 rings (SSSR count). The van der Waals surface area contributed by atoms with Crippen molar-refractivity contribution in [1.82, 2.24) is 0 Å². The normalized spacial score (nSPS) is 11.6. The SMILES string of the molecule is CC(=O)c1cc(Br)cc(C(C)(F)F)c1F. The lowest BCUT2D eigenvalue weighted by Gasteiger charge is -2.13. The number of hydrogen-bond donors (Lipinski definition) is 0. The van der Waals surface area contributed by atoms with E-state index in [9.17, 15) is 18.0 Å². The van der Waals surface area contributed by atoms with Crippen molar-refractivity contribution >= 4 is 21.7 Å². The number of carbonyl (C=O) groups excluding carboxylic acids is 1. The van der Waals surface area contributed by atoms with E-state index >= 15 is 0 Å². The van der Waals surface area contributed by atoms with E-state index in [0.717, 1.165) is 13.0 Å². The van der Waals surface area contributed by atoms with E-state index in [1.54, 1.807) is 0 Å². The Balaban J connectivity index is 3.49. The van der Waals surface area contributed by atoms with Gasteiger partial charge in [0.2, 0.25) is 0 Å². The van der Waals surface area contributed by atoms with Crippen LogP contribution in [-0.2, 0) is 5.92 Å². The van der Waals surface area contributed by atoms with Crippen LogP contribution in [0, 0.1) is 5.82 Å². The minimum atomic E-state index is -3.31. The maximum Gasteiger partial charge on any atom is 0.273 e. The lowest BCUT2D eigenvalue weighted by Crippen LogP contribution is -2.13. The van der Waals surface area contributed by atoms with Gasteiger partial charge in [0.1, 0.15) is 5.82 Å². The van der Waals surface area contributed by atoms with Crippen molar-refractivity contribution in [1.29, 1.82) is 0 Å². The highest BCUT2D eigenvalue weighted by Gasteiger charge is 2.30. The molecular formula is C10H8BrF3O. The number of benzene rings is 1. The molecule has 0 radical (unpaired) electrons. The summed E-state index contributed by atoms with van der Waals surface area (Å²) < 4.78 is 39.7. The van der Waals surface area contributed by atoms with Gasteiger partial charge in [-0.25, -0.2) is 13.2 Å². The van der Waals surface area contributed by atoms with Gasteiger partial charge in [0.25, 0.3) is 5.92 Å². The molecular weight excluding hydrogens is 273 g/mol. The number of hydrogen-bond acceptors (Lipinski definition) is 1. The molecule has 0 fully saturated rings. The average Bonchev–Trinajstić information content (AvgIpc) is 2.06. The fraction of sp³-hybridized carbons (Fsp3) is 0.300. The molecule has 1 nitrogen and oxygen atoms in total.